The molecule has 202 valence electrons. The van der Waals surface area contributed by atoms with Crippen molar-refractivity contribution in [3.63, 3.8) is 0 Å². The molecule has 0 unspecified atom stereocenters. The molecule has 4 aromatic rings. The highest BCUT2D eigenvalue weighted by atomic mass is 32.2. The molecule has 3 atom stereocenters. The molecule has 0 fully saturated rings. The number of sulfone groups is 1. The van der Waals surface area contributed by atoms with Crippen molar-refractivity contribution in [3.8, 4) is 17.4 Å². The average Bonchev–Trinajstić information content (AvgIpc) is 3.60. The van der Waals surface area contributed by atoms with Crippen molar-refractivity contribution >= 4 is 9.84 Å². The highest BCUT2D eigenvalue weighted by Crippen LogP contribution is 2.30. The van der Waals surface area contributed by atoms with Crippen molar-refractivity contribution in [2.24, 2.45) is 0 Å². The van der Waals surface area contributed by atoms with E-state index in [4.69, 9.17) is 14.0 Å². The van der Waals surface area contributed by atoms with E-state index in [0.717, 1.165) is 12.0 Å². The van der Waals surface area contributed by atoms with Crippen molar-refractivity contribution in [1.29, 1.82) is 0 Å². The lowest BCUT2D eigenvalue weighted by atomic mass is 10.2. The Morgan fingerprint density at radius 1 is 1.11 bits per heavy atom. The normalized spacial score (nSPS) is 14.2. The Balaban J connectivity index is 1.73. The third-order valence-electron chi connectivity index (χ3n) is 6.07. The number of aromatic nitrogens is 7. The molecule has 0 aliphatic rings. The molecule has 0 saturated carbocycles. The van der Waals surface area contributed by atoms with Gasteiger partial charge >= 0.3 is 0 Å². The summed E-state index contributed by atoms with van der Waals surface area (Å²) in [6, 6.07) is 6.47. The molecule has 13 heteroatoms. The summed E-state index contributed by atoms with van der Waals surface area (Å²) in [5.41, 5.74) is 1.34. The van der Waals surface area contributed by atoms with Crippen molar-refractivity contribution < 1.29 is 22.4 Å². The molecule has 0 aliphatic carbocycles. The van der Waals surface area contributed by atoms with Gasteiger partial charge in [-0.1, -0.05) is 18.1 Å². The number of rotatable bonds is 12. The van der Waals surface area contributed by atoms with E-state index in [2.05, 4.69) is 30.3 Å². The number of ether oxygens (including phenoxy) is 2. The van der Waals surface area contributed by atoms with Crippen molar-refractivity contribution in [2.75, 3.05) is 13.7 Å². The third kappa shape index (κ3) is 5.89. The highest BCUT2D eigenvalue weighted by molar-refractivity contribution is 7.91. The van der Waals surface area contributed by atoms with Gasteiger partial charge < -0.3 is 14.0 Å². The fourth-order valence-corrected chi connectivity index (χ4v) is 5.34. The van der Waals surface area contributed by atoms with Crippen LogP contribution in [0.15, 0.2) is 47.4 Å². The molecule has 0 N–H and O–H groups in total. The van der Waals surface area contributed by atoms with E-state index in [1.807, 2.05) is 20.8 Å². The maximum Gasteiger partial charge on any atom is 0.213 e. The van der Waals surface area contributed by atoms with E-state index in [1.54, 1.807) is 48.1 Å². The lowest BCUT2D eigenvalue weighted by Gasteiger charge is -2.23. The van der Waals surface area contributed by atoms with Crippen LogP contribution in [0, 0.1) is 6.92 Å². The van der Waals surface area contributed by atoms with Crippen molar-refractivity contribution in [3.05, 3.63) is 65.8 Å². The molecular weight excluding hydrogens is 510 g/mol. The minimum atomic E-state index is -3.83. The highest BCUT2D eigenvalue weighted by Gasteiger charge is 2.36. The first-order valence-corrected chi connectivity index (χ1v) is 13.9. The SMILES string of the molecule is CCCO[C@@H](c1ncc(C)cn1)[C@H](C)S(=O)(=O)Cc1nnc(-c2cccc(OC)n2)n1[C@H](C)c1ccno1. The zero-order chi connectivity index (χ0) is 27.3. The van der Waals surface area contributed by atoms with Crippen LogP contribution in [0.2, 0.25) is 0 Å². The van der Waals surface area contributed by atoms with Gasteiger partial charge in [-0.15, -0.1) is 10.2 Å². The van der Waals surface area contributed by atoms with Crippen molar-refractivity contribution in [2.45, 2.75) is 57.3 Å². The Labute approximate surface area is 221 Å². The molecule has 0 spiro atoms. The summed E-state index contributed by atoms with van der Waals surface area (Å²) in [6.45, 7) is 7.63. The van der Waals surface area contributed by atoms with E-state index < -0.39 is 33.0 Å². The Kier molecular flexibility index (Phi) is 8.47. The summed E-state index contributed by atoms with van der Waals surface area (Å²) in [5, 5.41) is 11.4. The number of hydrogen-bond acceptors (Lipinski definition) is 11. The molecule has 4 aromatic heterocycles. The number of hydrogen-bond donors (Lipinski definition) is 0. The molecule has 4 heterocycles. The van der Waals surface area contributed by atoms with Crippen LogP contribution in [-0.2, 0) is 20.3 Å². The van der Waals surface area contributed by atoms with Gasteiger partial charge in [0.25, 0.3) is 0 Å². The predicted octanol–water partition coefficient (Wildman–Crippen LogP) is 3.52. The van der Waals surface area contributed by atoms with Gasteiger partial charge in [0.05, 0.1) is 24.6 Å². The van der Waals surface area contributed by atoms with E-state index in [9.17, 15) is 8.42 Å². The van der Waals surface area contributed by atoms with Gasteiger partial charge in [0.1, 0.15) is 23.4 Å². The van der Waals surface area contributed by atoms with Gasteiger partial charge in [-0.3, -0.25) is 4.57 Å². The number of aryl methyl sites for hydroxylation is 1. The summed E-state index contributed by atoms with van der Waals surface area (Å²) < 4.78 is 45.8. The smallest absolute Gasteiger partial charge is 0.213 e. The fourth-order valence-electron chi connectivity index (χ4n) is 3.94. The molecule has 0 radical (unpaired) electrons. The minimum absolute atomic E-state index is 0.222. The van der Waals surface area contributed by atoms with Gasteiger partial charge in [-0.2, -0.15) is 0 Å². The predicted molar refractivity (Wildman–Crippen MR) is 138 cm³/mol. The van der Waals surface area contributed by atoms with Crippen LogP contribution < -0.4 is 4.74 Å². The Morgan fingerprint density at radius 3 is 2.53 bits per heavy atom. The molecule has 12 nitrogen and oxygen atoms in total. The molecule has 0 bridgehead atoms. The first-order valence-electron chi connectivity index (χ1n) is 12.2. The van der Waals surface area contributed by atoms with Crippen LogP contribution in [0.25, 0.3) is 11.5 Å². The quantitative estimate of drug-likeness (QED) is 0.259. The van der Waals surface area contributed by atoms with Gasteiger partial charge in [0.2, 0.25) is 5.88 Å². The summed E-state index contributed by atoms with van der Waals surface area (Å²) in [6.07, 6.45) is 4.69. The van der Waals surface area contributed by atoms with Gasteiger partial charge in [0.15, 0.2) is 27.2 Å². The van der Waals surface area contributed by atoms with E-state index in [-0.39, 0.29) is 5.82 Å². The van der Waals surface area contributed by atoms with Crippen molar-refractivity contribution in [1.82, 2.24) is 34.9 Å². The molecule has 38 heavy (non-hydrogen) atoms. The van der Waals surface area contributed by atoms with Crippen LogP contribution in [-0.4, -0.2) is 62.3 Å². The second-order valence-electron chi connectivity index (χ2n) is 8.89. The Morgan fingerprint density at radius 2 is 1.87 bits per heavy atom. The number of methoxy groups -OCH3 is 1. The Bertz CT molecular complexity index is 1440. The largest absolute Gasteiger partial charge is 0.481 e. The number of pyridine rings is 1. The average molecular weight is 542 g/mol. The first-order chi connectivity index (χ1) is 18.2. The third-order valence-corrected chi connectivity index (χ3v) is 8.11. The van der Waals surface area contributed by atoms with Crippen LogP contribution in [0.3, 0.4) is 0 Å². The lowest BCUT2D eigenvalue weighted by molar-refractivity contribution is 0.0465. The second-order valence-corrected chi connectivity index (χ2v) is 11.2. The molecule has 0 amide bonds. The molecular formula is C25H31N7O5S. The fraction of sp³-hybridized carbons (Fsp3) is 0.440. The second kappa shape index (κ2) is 11.8. The van der Waals surface area contributed by atoms with E-state index in [0.29, 0.717) is 35.6 Å². The zero-order valence-electron chi connectivity index (χ0n) is 22.0. The Hall–Kier alpha value is -3.71. The molecule has 0 aromatic carbocycles. The van der Waals surface area contributed by atoms with Crippen LogP contribution in [0.1, 0.15) is 62.3 Å². The van der Waals surface area contributed by atoms with E-state index >= 15 is 0 Å². The maximum atomic E-state index is 13.8. The number of nitrogens with zero attached hydrogens (tertiary/aromatic N) is 7. The maximum absolute atomic E-state index is 13.8. The van der Waals surface area contributed by atoms with E-state index in [1.165, 1.54) is 13.3 Å². The summed E-state index contributed by atoms with van der Waals surface area (Å²) >= 11 is 0. The topological polar surface area (TPSA) is 148 Å². The zero-order valence-corrected chi connectivity index (χ0v) is 22.8. The monoisotopic (exact) mass is 541 g/mol. The summed E-state index contributed by atoms with van der Waals surface area (Å²) in [7, 11) is -2.31. The van der Waals surface area contributed by atoms with Gasteiger partial charge in [-0.05, 0) is 38.8 Å². The van der Waals surface area contributed by atoms with Crippen LogP contribution >= 0.6 is 0 Å². The summed E-state index contributed by atoms with van der Waals surface area (Å²) in [4.78, 5) is 13.1. The summed E-state index contributed by atoms with van der Waals surface area (Å²) in [5.74, 6) is 1.41. The minimum Gasteiger partial charge on any atom is -0.481 e. The standard InChI is InChI=1S/C25H31N7O5S/c1-6-12-36-23(24-26-13-16(2)14-27-24)18(4)38(33,34)15-21-30-31-25(19-8-7-9-22(29-19)35-5)32(21)17(3)20-10-11-28-37-20/h7-11,13-14,17-18,23H,6,12,15H2,1-5H3/t17-,18+,23-/m1/s1. The lowest BCUT2D eigenvalue weighted by Crippen LogP contribution is -2.31. The van der Waals surface area contributed by atoms with Gasteiger partial charge in [-0.25, -0.2) is 23.4 Å². The molecule has 0 saturated heterocycles. The van der Waals surface area contributed by atoms with Crippen LogP contribution in [0.4, 0.5) is 0 Å². The van der Waals surface area contributed by atoms with Gasteiger partial charge in [0, 0.05) is 31.1 Å². The molecule has 4 rings (SSSR count). The first kappa shape index (κ1) is 27.3. The van der Waals surface area contributed by atoms with Crippen LogP contribution in [0.5, 0.6) is 5.88 Å². The molecule has 0 aliphatic heterocycles.